The van der Waals surface area contributed by atoms with Crippen LogP contribution in [0.1, 0.15) is 19.4 Å². The number of hydrogen-bond donors (Lipinski definition) is 0. The highest BCUT2D eigenvalue weighted by atomic mass is 79.9. The molecule has 0 atom stereocenters. The summed E-state index contributed by atoms with van der Waals surface area (Å²) in [6.07, 6.45) is 0. The van der Waals surface area contributed by atoms with E-state index in [1.54, 1.807) is 0 Å². The van der Waals surface area contributed by atoms with Gasteiger partial charge in [0.2, 0.25) is 0 Å². The Hall–Kier alpha value is -4.12. The Kier molecular flexibility index (Phi) is 10.1. The number of anilines is 6. The van der Waals surface area contributed by atoms with Crippen molar-refractivity contribution in [2.75, 3.05) is 9.80 Å². The van der Waals surface area contributed by atoms with Crippen LogP contribution >= 0.6 is 31.9 Å². The van der Waals surface area contributed by atoms with Gasteiger partial charge in [0.25, 0.3) is 0 Å². The topological polar surface area (TPSA) is 6.48 Å². The maximum absolute atomic E-state index is 3.57. The average Bonchev–Trinajstić information content (AvgIpc) is 3.06. The lowest BCUT2D eigenvalue weighted by molar-refractivity contribution is 1.27. The molecule has 0 aromatic heterocycles. The van der Waals surface area contributed by atoms with Crippen molar-refractivity contribution in [3.8, 4) is 11.1 Å². The minimum absolute atomic E-state index is 1.06. The zero-order valence-electron chi connectivity index (χ0n) is 24.6. The van der Waals surface area contributed by atoms with Gasteiger partial charge in [0.1, 0.15) is 0 Å². The molecule has 2 nitrogen and oxygen atoms in total. The van der Waals surface area contributed by atoms with E-state index in [0.29, 0.717) is 0 Å². The summed E-state index contributed by atoms with van der Waals surface area (Å²) >= 11 is 7.14. The molecule has 0 aliphatic rings. The first kappa shape index (κ1) is 30.3. The van der Waals surface area contributed by atoms with Crippen LogP contribution in [0.15, 0.2) is 161 Å². The van der Waals surface area contributed by atoms with Crippen LogP contribution in [0.3, 0.4) is 0 Å². The van der Waals surface area contributed by atoms with Gasteiger partial charge in [0.05, 0.1) is 0 Å². The van der Waals surface area contributed by atoms with Crippen molar-refractivity contribution in [3.63, 3.8) is 0 Å². The number of halogens is 2. The molecule has 0 fully saturated rings. The summed E-state index contributed by atoms with van der Waals surface area (Å²) in [5.74, 6) is 0. The van der Waals surface area contributed by atoms with Crippen LogP contribution in [0.25, 0.3) is 11.1 Å². The van der Waals surface area contributed by atoms with Crippen LogP contribution in [0.4, 0.5) is 34.1 Å². The maximum atomic E-state index is 3.57. The molecule has 214 valence electrons. The minimum Gasteiger partial charge on any atom is -0.311 e. The number of benzene rings is 6. The van der Waals surface area contributed by atoms with Crippen LogP contribution in [0.2, 0.25) is 0 Å². The molecule has 6 rings (SSSR count). The number of rotatable bonds is 7. The van der Waals surface area contributed by atoms with Gasteiger partial charge < -0.3 is 9.80 Å². The van der Waals surface area contributed by atoms with Gasteiger partial charge in [-0.15, -0.1) is 0 Å². The first-order valence-corrected chi connectivity index (χ1v) is 16.1. The summed E-state index contributed by atoms with van der Waals surface area (Å²) in [7, 11) is 0. The summed E-state index contributed by atoms with van der Waals surface area (Å²) in [5, 5.41) is 0. The summed E-state index contributed by atoms with van der Waals surface area (Å²) < 4.78 is 2.13. The van der Waals surface area contributed by atoms with Gasteiger partial charge in [-0.1, -0.05) is 106 Å². The van der Waals surface area contributed by atoms with Gasteiger partial charge in [-0.2, -0.15) is 0 Å². The fourth-order valence-corrected chi connectivity index (χ4v) is 5.48. The number of nitrogens with zero attached hydrogens (tertiary/aromatic N) is 2. The zero-order chi connectivity index (χ0) is 30.2. The number of hydrogen-bond acceptors (Lipinski definition) is 2. The molecular formula is C39H34Br2N2. The van der Waals surface area contributed by atoms with Gasteiger partial charge in [-0.25, -0.2) is 0 Å². The summed E-state index contributed by atoms with van der Waals surface area (Å²) in [6.45, 7) is 6.12. The standard InChI is InChI=1S/C37H28Br2N2.C2H6/c1-27-7-17-33(18-8-27)41(37-25-15-31(39)16-26-37)35-21-11-29(12-22-35)28-9-19-34(20-10-28)40(32-5-3-2-4-6-32)36-23-13-30(38)14-24-36;1-2/h2-26H,1H3;1-2H3. The molecule has 43 heavy (non-hydrogen) atoms. The number of para-hydroxylation sites is 1. The second kappa shape index (κ2) is 14.4. The molecule has 0 unspecified atom stereocenters. The van der Waals surface area contributed by atoms with Crippen molar-refractivity contribution in [1.82, 2.24) is 0 Å². The van der Waals surface area contributed by atoms with Crippen molar-refractivity contribution in [2.45, 2.75) is 20.8 Å². The molecular weight excluding hydrogens is 656 g/mol. The zero-order valence-corrected chi connectivity index (χ0v) is 27.8. The van der Waals surface area contributed by atoms with Crippen molar-refractivity contribution >= 4 is 66.0 Å². The largest absolute Gasteiger partial charge is 0.311 e. The van der Waals surface area contributed by atoms with Crippen molar-refractivity contribution in [2.24, 2.45) is 0 Å². The third-order valence-corrected chi connectivity index (χ3v) is 8.12. The van der Waals surface area contributed by atoms with Crippen LogP contribution < -0.4 is 9.80 Å². The molecule has 0 amide bonds. The van der Waals surface area contributed by atoms with Crippen LogP contribution in [0, 0.1) is 6.92 Å². The van der Waals surface area contributed by atoms with E-state index >= 15 is 0 Å². The molecule has 0 saturated heterocycles. The lowest BCUT2D eigenvalue weighted by Gasteiger charge is -2.26. The van der Waals surface area contributed by atoms with Gasteiger partial charge in [0.15, 0.2) is 0 Å². The monoisotopic (exact) mass is 688 g/mol. The Balaban J connectivity index is 0.00000180. The van der Waals surface area contributed by atoms with Gasteiger partial charge in [0, 0.05) is 43.1 Å². The highest BCUT2D eigenvalue weighted by Crippen LogP contribution is 2.38. The van der Waals surface area contributed by atoms with Gasteiger partial charge in [-0.05, 0) is 115 Å². The first-order chi connectivity index (χ1) is 21.0. The predicted octanol–water partition coefficient (Wildman–Crippen LogP) is 13.2. The van der Waals surface area contributed by atoms with Crippen molar-refractivity contribution in [1.29, 1.82) is 0 Å². The quantitative estimate of drug-likeness (QED) is 0.165. The normalized spacial score (nSPS) is 10.4. The molecule has 0 heterocycles. The Labute approximate surface area is 272 Å². The highest BCUT2D eigenvalue weighted by Gasteiger charge is 2.14. The summed E-state index contributed by atoms with van der Waals surface area (Å²) in [6, 6.07) is 53.6. The Morgan fingerprint density at radius 1 is 0.349 bits per heavy atom. The predicted molar refractivity (Wildman–Crippen MR) is 193 cm³/mol. The summed E-state index contributed by atoms with van der Waals surface area (Å²) in [4.78, 5) is 4.56. The Morgan fingerprint density at radius 3 is 0.977 bits per heavy atom. The maximum Gasteiger partial charge on any atom is 0.0462 e. The molecule has 6 aromatic rings. The van der Waals surface area contributed by atoms with E-state index in [4.69, 9.17) is 0 Å². The van der Waals surface area contributed by atoms with Crippen molar-refractivity contribution in [3.05, 3.63) is 166 Å². The van der Waals surface area contributed by atoms with Crippen LogP contribution in [-0.4, -0.2) is 0 Å². The third-order valence-electron chi connectivity index (χ3n) is 7.06. The summed E-state index contributed by atoms with van der Waals surface area (Å²) in [5.41, 5.74) is 10.3. The molecule has 0 saturated carbocycles. The van der Waals surface area contributed by atoms with E-state index in [2.05, 4.69) is 194 Å². The van der Waals surface area contributed by atoms with E-state index in [-0.39, 0.29) is 0 Å². The van der Waals surface area contributed by atoms with E-state index in [1.165, 1.54) is 16.7 Å². The molecule has 0 bridgehead atoms. The second-order valence-electron chi connectivity index (χ2n) is 9.89. The van der Waals surface area contributed by atoms with Crippen molar-refractivity contribution < 1.29 is 0 Å². The smallest absolute Gasteiger partial charge is 0.0462 e. The SMILES string of the molecule is CC.Cc1ccc(N(c2ccc(Br)cc2)c2ccc(-c3ccc(N(c4ccccc4)c4ccc(Br)cc4)cc3)cc2)cc1. The molecule has 6 aromatic carbocycles. The molecule has 0 radical (unpaired) electrons. The fraction of sp³-hybridized carbons (Fsp3) is 0.0769. The van der Waals surface area contributed by atoms with E-state index in [1.807, 2.05) is 19.9 Å². The van der Waals surface area contributed by atoms with Crippen LogP contribution in [0.5, 0.6) is 0 Å². The second-order valence-corrected chi connectivity index (χ2v) is 11.7. The first-order valence-electron chi connectivity index (χ1n) is 14.5. The molecule has 0 aliphatic carbocycles. The molecule has 0 aliphatic heterocycles. The molecule has 4 heteroatoms. The lowest BCUT2D eigenvalue weighted by Crippen LogP contribution is -2.10. The lowest BCUT2D eigenvalue weighted by atomic mass is 10.0. The molecule has 0 spiro atoms. The molecule has 0 N–H and O–H groups in total. The Bertz CT molecular complexity index is 1670. The van der Waals surface area contributed by atoms with E-state index in [0.717, 1.165) is 43.1 Å². The number of aryl methyl sites for hydroxylation is 1. The van der Waals surface area contributed by atoms with Crippen LogP contribution in [-0.2, 0) is 0 Å². The van der Waals surface area contributed by atoms with Gasteiger partial charge in [-0.3, -0.25) is 0 Å². The minimum atomic E-state index is 1.06. The fourth-order valence-electron chi connectivity index (χ4n) is 4.95. The van der Waals surface area contributed by atoms with E-state index < -0.39 is 0 Å². The average molecular weight is 691 g/mol. The Morgan fingerprint density at radius 2 is 0.628 bits per heavy atom. The highest BCUT2D eigenvalue weighted by molar-refractivity contribution is 9.10. The third kappa shape index (κ3) is 7.27. The van der Waals surface area contributed by atoms with Gasteiger partial charge >= 0.3 is 0 Å². The van der Waals surface area contributed by atoms with E-state index in [9.17, 15) is 0 Å².